The molecule has 0 aliphatic heterocycles. The molecule has 1 aromatic heterocycles. The number of nitrogens with zero attached hydrogens (tertiary/aromatic N) is 1. The Hall–Kier alpha value is -2.56. The van der Waals surface area contributed by atoms with Crippen molar-refractivity contribution < 1.29 is 14.3 Å². The normalized spacial score (nSPS) is 10.1. The third-order valence-electron chi connectivity index (χ3n) is 3.14. The van der Waals surface area contributed by atoms with E-state index in [-0.39, 0.29) is 5.91 Å². The van der Waals surface area contributed by atoms with E-state index in [0.717, 1.165) is 11.3 Å². The first kappa shape index (κ1) is 14.8. The molecule has 1 heterocycles. The van der Waals surface area contributed by atoms with E-state index in [4.69, 9.17) is 9.47 Å². The number of rotatable bonds is 4. The van der Waals surface area contributed by atoms with Crippen molar-refractivity contribution in [2.24, 2.45) is 0 Å². The molecular formula is C16H18N2O3. The SMILES string of the molecule is COc1cc(C(=O)Nc2cccc(C)n2)cc(OC)c1C. The maximum absolute atomic E-state index is 12.3. The van der Waals surface area contributed by atoms with Gasteiger partial charge in [-0.1, -0.05) is 6.07 Å². The number of carbonyl (C=O) groups is 1. The second-order valence-corrected chi connectivity index (χ2v) is 4.62. The maximum atomic E-state index is 12.3. The molecule has 2 aromatic rings. The largest absolute Gasteiger partial charge is 0.496 e. The van der Waals surface area contributed by atoms with E-state index < -0.39 is 0 Å². The Balaban J connectivity index is 2.31. The van der Waals surface area contributed by atoms with E-state index in [2.05, 4.69) is 10.3 Å². The topological polar surface area (TPSA) is 60.5 Å². The van der Waals surface area contributed by atoms with Gasteiger partial charge in [-0.3, -0.25) is 4.79 Å². The fourth-order valence-corrected chi connectivity index (χ4v) is 2.02. The van der Waals surface area contributed by atoms with Crippen LogP contribution in [-0.2, 0) is 0 Å². The summed E-state index contributed by atoms with van der Waals surface area (Å²) in [5.41, 5.74) is 2.15. The van der Waals surface area contributed by atoms with Gasteiger partial charge in [0.1, 0.15) is 17.3 Å². The molecule has 0 aliphatic carbocycles. The van der Waals surface area contributed by atoms with Crippen molar-refractivity contribution in [3.05, 3.63) is 47.2 Å². The highest BCUT2D eigenvalue weighted by atomic mass is 16.5. The second-order valence-electron chi connectivity index (χ2n) is 4.62. The summed E-state index contributed by atoms with van der Waals surface area (Å²) < 4.78 is 10.5. The van der Waals surface area contributed by atoms with Crippen LogP contribution in [0.15, 0.2) is 30.3 Å². The average molecular weight is 286 g/mol. The van der Waals surface area contributed by atoms with Gasteiger partial charge in [-0.2, -0.15) is 0 Å². The maximum Gasteiger partial charge on any atom is 0.257 e. The van der Waals surface area contributed by atoms with E-state index in [1.54, 1.807) is 32.4 Å². The Kier molecular flexibility index (Phi) is 4.42. The highest BCUT2D eigenvalue weighted by Crippen LogP contribution is 2.29. The van der Waals surface area contributed by atoms with Crippen molar-refractivity contribution in [1.82, 2.24) is 4.98 Å². The summed E-state index contributed by atoms with van der Waals surface area (Å²) in [5, 5.41) is 2.76. The lowest BCUT2D eigenvalue weighted by atomic mass is 10.1. The fraction of sp³-hybridized carbons (Fsp3) is 0.250. The first-order valence-corrected chi connectivity index (χ1v) is 6.52. The van der Waals surface area contributed by atoms with Crippen LogP contribution in [0.3, 0.4) is 0 Å². The summed E-state index contributed by atoms with van der Waals surface area (Å²) in [4.78, 5) is 16.6. The Bertz CT molecular complexity index is 643. The van der Waals surface area contributed by atoms with Gasteiger partial charge in [-0.25, -0.2) is 4.98 Å². The molecule has 0 unspecified atom stereocenters. The van der Waals surface area contributed by atoms with E-state index in [1.807, 2.05) is 26.0 Å². The number of hydrogen-bond donors (Lipinski definition) is 1. The molecule has 0 radical (unpaired) electrons. The molecule has 0 bridgehead atoms. The van der Waals surface area contributed by atoms with Crippen LogP contribution in [0.4, 0.5) is 5.82 Å². The molecule has 0 fully saturated rings. The van der Waals surface area contributed by atoms with Crippen molar-refractivity contribution in [1.29, 1.82) is 0 Å². The van der Waals surface area contributed by atoms with Crippen LogP contribution in [0.2, 0.25) is 0 Å². The summed E-state index contributed by atoms with van der Waals surface area (Å²) in [6, 6.07) is 8.82. The van der Waals surface area contributed by atoms with E-state index in [0.29, 0.717) is 22.9 Å². The first-order valence-electron chi connectivity index (χ1n) is 6.52. The van der Waals surface area contributed by atoms with Crippen LogP contribution >= 0.6 is 0 Å². The predicted octanol–water partition coefficient (Wildman–Crippen LogP) is 2.97. The van der Waals surface area contributed by atoms with Crippen LogP contribution < -0.4 is 14.8 Å². The molecule has 0 saturated heterocycles. The highest BCUT2D eigenvalue weighted by Gasteiger charge is 2.14. The predicted molar refractivity (Wildman–Crippen MR) is 81.2 cm³/mol. The number of nitrogens with one attached hydrogen (secondary N) is 1. The molecule has 0 atom stereocenters. The van der Waals surface area contributed by atoms with Crippen molar-refractivity contribution in [3.63, 3.8) is 0 Å². The zero-order chi connectivity index (χ0) is 15.4. The third kappa shape index (κ3) is 3.31. The molecule has 110 valence electrons. The molecule has 0 saturated carbocycles. The lowest BCUT2D eigenvalue weighted by molar-refractivity contribution is 0.102. The van der Waals surface area contributed by atoms with Gasteiger partial charge in [0.2, 0.25) is 0 Å². The Morgan fingerprint density at radius 1 is 1.10 bits per heavy atom. The van der Waals surface area contributed by atoms with Crippen LogP contribution in [0.5, 0.6) is 11.5 Å². The summed E-state index contributed by atoms with van der Waals surface area (Å²) in [6.07, 6.45) is 0. The van der Waals surface area contributed by atoms with Crippen LogP contribution in [0, 0.1) is 13.8 Å². The summed E-state index contributed by atoms with van der Waals surface area (Å²) in [7, 11) is 3.12. The van der Waals surface area contributed by atoms with Crippen LogP contribution in [0.1, 0.15) is 21.6 Å². The molecule has 5 heteroatoms. The Labute approximate surface area is 123 Å². The standard InChI is InChI=1S/C16H18N2O3/c1-10-6-5-7-15(17-10)18-16(19)12-8-13(20-3)11(2)14(9-12)21-4/h5-9H,1-4H3,(H,17,18,19). The van der Waals surface area contributed by atoms with Crippen molar-refractivity contribution in [2.45, 2.75) is 13.8 Å². The van der Waals surface area contributed by atoms with Crippen LogP contribution in [0.25, 0.3) is 0 Å². The monoisotopic (exact) mass is 286 g/mol. The fourth-order valence-electron chi connectivity index (χ4n) is 2.02. The second kappa shape index (κ2) is 6.26. The van der Waals surface area contributed by atoms with Gasteiger partial charge >= 0.3 is 0 Å². The van der Waals surface area contributed by atoms with Crippen molar-refractivity contribution >= 4 is 11.7 Å². The Morgan fingerprint density at radius 2 is 1.71 bits per heavy atom. The van der Waals surface area contributed by atoms with Gasteiger partial charge < -0.3 is 14.8 Å². The number of benzene rings is 1. The Morgan fingerprint density at radius 3 is 2.24 bits per heavy atom. The third-order valence-corrected chi connectivity index (χ3v) is 3.14. The number of aromatic nitrogens is 1. The summed E-state index contributed by atoms with van der Waals surface area (Å²) in [5.74, 6) is 1.47. The van der Waals surface area contributed by atoms with E-state index in [1.165, 1.54) is 0 Å². The summed E-state index contributed by atoms with van der Waals surface area (Å²) in [6.45, 7) is 3.75. The number of ether oxygens (including phenoxy) is 2. The molecule has 5 nitrogen and oxygen atoms in total. The molecule has 0 aliphatic rings. The zero-order valence-corrected chi connectivity index (χ0v) is 12.6. The molecule has 1 N–H and O–H groups in total. The number of anilines is 1. The smallest absolute Gasteiger partial charge is 0.257 e. The van der Waals surface area contributed by atoms with Crippen LogP contribution in [-0.4, -0.2) is 25.1 Å². The minimum Gasteiger partial charge on any atom is -0.496 e. The number of carbonyl (C=O) groups excluding carboxylic acids is 1. The first-order chi connectivity index (χ1) is 10.0. The van der Waals surface area contributed by atoms with E-state index in [9.17, 15) is 4.79 Å². The molecule has 1 amide bonds. The molecular weight excluding hydrogens is 268 g/mol. The van der Waals surface area contributed by atoms with Gasteiger partial charge in [-0.05, 0) is 38.1 Å². The number of aryl methyl sites for hydroxylation is 1. The molecule has 21 heavy (non-hydrogen) atoms. The van der Waals surface area contributed by atoms with Gasteiger partial charge in [0.05, 0.1) is 14.2 Å². The average Bonchev–Trinajstić information content (AvgIpc) is 2.47. The van der Waals surface area contributed by atoms with Crippen molar-refractivity contribution in [3.8, 4) is 11.5 Å². The number of pyridine rings is 1. The molecule has 2 rings (SSSR count). The number of methoxy groups -OCH3 is 2. The lowest BCUT2D eigenvalue weighted by Gasteiger charge is -2.12. The van der Waals surface area contributed by atoms with Crippen molar-refractivity contribution in [2.75, 3.05) is 19.5 Å². The minimum atomic E-state index is -0.260. The number of hydrogen-bond acceptors (Lipinski definition) is 4. The zero-order valence-electron chi connectivity index (χ0n) is 12.6. The highest BCUT2D eigenvalue weighted by molar-refractivity contribution is 6.04. The number of amides is 1. The van der Waals surface area contributed by atoms with Gasteiger partial charge in [0.15, 0.2) is 0 Å². The quantitative estimate of drug-likeness (QED) is 0.938. The van der Waals surface area contributed by atoms with E-state index >= 15 is 0 Å². The van der Waals surface area contributed by atoms with Gasteiger partial charge in [0.25, 0.3) is 5.91 Å². The lowest BCUT2D eigenvalue weighted by Crippen LogP contribution is -2.13. The molecule has 1 aromatic carbocycles. The van der Waals surface area contributed by atoms with Gasteiger partial charge in [0, 0.05) is 16.8 Å². The summed E-state index contributed by atoms with van der Waals surface area (Å²) >= 11 is 0. The minimum absolute atomic E-state index is 0.260. The molecule has 0 spiro atoms. The van der Waals surface area contributed by atoms with Gasteiger partial charge in [-0.15, -0.1) is 0 Å².